The van der Waals surface area contributed by atoms with Gasteiger partial charge in [-0.2, -0.15) is 13.2 Å². The minimum atomic E-state index is -4.46. The minimum absolute atomic E-state index is 0.266. The fraction of sp³-hybridized carbons (Fsp3) is 0.846. The Balaban J connectivity index is 1.77. The standard InChI is InChI=1S/C13H20F3N3OS/c1-9-5-3-4-6-10(9)20-7-8-21-12-18-17-11(19(12)2)13(14,15)16/h9-10H,3-8H2,1-2H3/t9-,10+/m0/s1. The molecule has 2 atom stereocenters. The Morgan fingerprint density at radius 2 is 2.00 bits per heavy atom. The predicted octanol–water partition coefficient (Wildman–Crippen LogP) is 3.52. The molecule has 0 unspecified atom stereocenters. The summed E-state index contributed by atoms with van der Waals surface area (Å²) >= 11 is 1.24. The zero-order valence-corrected chi connectivity index (χ0v) is 13.0. The lowest BCUT2D eigenvalue weighted by atomic mass is 9.88. The van der Waals surface area contributed by atoms with Gasteiger partial charge >= 0.3 is 6.18 Å². The number of rotatable bonds is 5. The van der Waals surface area contributed by atoms with Crippen molar-refractivity contribution in [3.8, 4) is 0 Å². The molecule has 1 fully saturated rings. The summed E-state index contributed by atoms with van der Waals surface area (Å²) in [5.41, 5.74) is 0. The Hall–Kier alpha value is -0.760. The van der Waals surface area contributed by atoms with Crippen LogP contribution in [0.15, 0.2) is 5.16 Å². The van der Waals surface area contributed by atoms with Crippen LogP contribution in [0.25, 0.3) is 0 Å². The number of halogens is 3. The second-order valence-electron chi connectivity index (χ2n) is 5.38. The average Bonchev–Trinajstić information content (AvgIpc) is 2.78. The Morgan fingerprint density at radius 1 is 1.29 bits per heavy atom. The second-order valence-corrected chi connectivity index (χ2v) is 6.44. The smallest absolute Gasteiger partial charge is 0.377 e. The third-order valence-electron chi connectivity index (χ3n) is 3.77. The number of hydrogen-bond acceptors (Lipinski definition) is 4. The van der Waals surface area contributed by atoms with E-state index < -0.39 is 12.0 Å². The van der Waals surface area contributed by atoms with Crippen LogP contribution in [0.2, 0.25) is 0 Å². The van der Waals surface area contributed by atoms with Crippen LogP contribution in [0.1, 0.15) is 38.4 Å². The molecule has 21 heavy (non-hydrogen) atoms. The first-order chi connectivity index (χ1) is 9.89. The van der Waals surface area contributed by atoms with Crippen LogP contribution in [-0.4, -0.2) is 33.2 Å². The first-order valence-electron chi connectivity index (χ1n) is 7.10. The molecule has 120 valence electrons. The van der Waals surface area contributed by atoms with E-state index in [4.69, 9.17) is 4.74 Å². The highest BCUT2D eigenvalue weighted by Crippen LogP contribution is 2.30. The van der Waals surface area contributed by atoms with Crippen LogP contribution < -0.4 is 0 Å². The van der Waals surface area contributed by atoms with Crippen molar-refractivity contribution in [1.29, 1.82) is 0 Å². The van der Waals surface area contributed by atoms with Crippen molar-refractivity contribution in [1.82, 2.24) is 14.8 Å². The summed E-state index contributed by atoms with van der Waals surface area (Å²) in [7, 11) is 1.33. The molecule has 8 heteroatoms. The van der Waals surface area contributed by atoms with Crippen LogP contribution in [0.3, 0.4) is 0 Å². The van der Waals surface area contributed by atoms with Crippen molar-refractivity contribution >= 4 is 11.8 Å². The van der Waals surface area contributed by atoms with Gasteiger partial charge < -0.3 is 9.30 Å². The zero-order valence-electron chi connectivity index (χ0n) is 12.2. The summed E-state index contributed by atoms with van der Waals surface area (Å²) in [6, 6.07) is 0. The first-order valence-corrected chi connectivity index (χ1v) is 8.09. The van der Waals surface area contributed by atoms with Crippen LogP contribution in [0.4, 0.5) is 13.2 Å². The normalized spacial score (nSPS) is 23.5. The van der Waals surface area contributed by atoms with Crippen molar-refractivity contribution in [3.63, 3.8) is 0 Å². The molecule has 1 aliphatic carbocycles. The molecule has 1 aromatic rings. The third-order valence-corrected chi connectivity index (χ3v) is 4.75. The van der Waals surface area contributed by atoms with Crippen molar-refractivity contribution < 1.29 is 17.9 Å². The molecule has 0 aromatic carbocycles. The highest BCUT2D eigenvalue weighted by atomic mass is 32.2. The van der Waals surface area contributed by atoms with E-state index in [1.54, 1.807) is 0 Å². The number of alkyl halides is 3. The highest BCUT2D eigenvalue weighted by Gasteiger charge is 2.37. The van der Waals surface area contributed by atoms with Crippen molar-refractivity contribution in [2.45, 2.75) is 50.0 Å². The number of hydrogen-bond donors (Lipinski definition) is 0. The van der Waals surface area contributed by atoms with Crippen LogP contribution >= 0.6 is 11.8 Å². The van der Waals surface area contributed by atoms with E-state index in [2.05, 4.69) is 17.1 Å². The fourth-order valence-electron chi connectivity index (χ4n) is 2.55. The molecule has 1 heterocycles. The zero-order chi connectivity index (χ0) is 15.5. The van der Waals surface area contributed by atoms with E-state index in [1.807, 2.05) is 0 Å². The van der Waals surface area contributed by atoms with Gasteiger partial charge in [-0.1, -0.05) is 31.5 Å². The molecule has 4 nitrogen and oxygen atoms in total. The summed E-state index contributed by atoms with van der Waals surface area (Å²) in [6.45, 7) is 2.71. The maximum Gasteiger partial charge on any atom is 0.451 e. The Morgan fingerprint density at radius 3 is 2.62 bits per heavy atom. The molecule has 0 spiro atoms. The van der Waals surface area contributed by atoms with Gasteiger partial charge in [0.2, 0.25) is 5.82 Å². The molecule has 2 rings (SSSR count). The van der Waals surface area contributed by atoms with E-state index in [0.29, 0.717) is 18.3 Å². The van der Waals surface area contributed by atoms with Crippen molar-refractivity contribution in [2.75, 3.05) is 12.4 Å². The lowest BCUT2D eigenvalue weighted by molar-refractivity contribution is -0.147. The van der Waals surface area contributed by atoms with Gasteiger partial charge in [-0.3, -0.25) is 0 Å². The quantitative estimate of drug-likeness (QED) is 0.614. The lowest BCUT2D eigenvalue weighted by Gasteiger charge is -2.28. The van der Waals surface area contributed by atoms with Gasteiger partial charge in [-0.05, 0) is 18.8 Å². The Bertz CT molecular complexity index is 464. The first kappa shape index (κ1) is 16.6. The second kappa shape index (κ2) is 7.00. The number of thioether (sulfide) groups is 1. The van der Waals surface area contributed by atoms with Crippen LogP contribution in [0, 0.1) is 5.92 Å². The van der Waals surface area contributed by atoms with Gasteiger partial charge in [-0.25, -0.2) is 0 Å². The lowest BCUT2D eigenvalue weighted by Crippen LogP contribution is -2.26. The molecule has 0 radical (unpaired) electrons. The largest absolute Gasteiger partial charge is 0.451 e. The van der Waals surface area contributed by atoms with Gasteiger partial charge in [0.05, 0.1) is 12.7 Å². The molecule has 1 aromatic heterocycles. The van der Waals surface area contributed by atoms with E-state index in [0.717, 1.165) is 11.0 Å². The minimum Gasteiger partial charge on any atom is -0.377 e. The molecular weight excluding hydrogens is 303 g/mol. The topological polar surface area (TPSA) is 39.9 Å². The van der Waals surface area contributed by atoms with Gasteiger partial charge in [0.15, 0.2) is 5.16 Å². The van der Waals surface area contributed by atoms with E-state index in [1.165, 1.54) is 38.1 Å². The number of aromatic nitrogens is 3. The predicted molar refractivity (Wildman–Crippen MR) is 74.1 cm³/mol. The van der Waals surface area contributed by atoms with Crippen molar-refractivity contribution in [3.05, 3.63) is 5.82 Å². The molecule has 0 N–H and O–H groups in total. The molecule has 0 aliphatic heterocycles. The molecular formula is C13H20F3N3OS. The molecule has 1 saturated carbocycles. The fourth-order valence-corrected chi connectivity index (χ4v) is 3.29. The van der Waals surface area contributed by atoms with Crippen molar-refractivity contribution in [2.24, 2.45) is 13.0 Å². The van der Waals surface area contributed by atoms with E-state index in [-0.39, 0.29) is 11.3 Å². The SMILES string of the molecule is C[C@H]1CCCC[C@H]1OCCSc1nnc(C(F)(F)F)n1C. The highest BCUT2D eigenvalue weighted by molar-refractivity contribution is 7.99. The summed E-state index contributed by atoms with van der Waals surface area (Å²) in [4.78, 5) is 0. The summed E-state index contributed by atoms with van der Waals surface area (Å²) < 4.78 is 44.5. The van der Waals surface area contributed by atoms with E-state index >= 15 is 0 Å². The third kappa shape index (κ3) is 4.35. The summed E-state index contributed by atoms with van der Waals surface area (Å²) in [6.07, 6.45) is 0.540. The maximum absolute atomic E-state index is 12.6. The molecule has 0 amide bonds. The Kier molecular flexibility index (Phi) is 5.54. The van der Waals surface area contributed by atoms with Crippen LogP contribution in [0.5, 0.6) is 0 Å². The molecule has 0 bridgehead atoms. The van der Waals surface area contributed by atoms with Crippen LogP contribution in [-0.2, 0) is 18.0 Å². The van der Waals surface area contributed by atoms with Gasteiger partial charge in [-0.15, -0.1) is 10.2 Å². The van der Waals surface area contributed by atoms with Gasteiger partial charge in [0, 0.05) is 12.8 Å². The van der Waals surface area contributed by atoms with Gasteiger partial charge in [0.1, 0.15) is 0 Å². The number of ether oxygens (including phenoxy) is 1. The Labute approximate surface area is 126 Å². The van der Waals surface area contributed by atoms with Gasteiger partial charge in [0.25, 0.3) is 0 Å². The monoisotopic (exact) mass is 323 g/mol. The number of nitrogens with zero attached hydrogens (tertiary/aromatic N) is 3. The molecule has 0 saturated heterocycles. The van der Waals surface area contributed by atoms with E-state index in [9.17, 15) is 13.2 Å². The summed E-state index contributed by atoms with van der Waals surface area (Å²) in [5.74, 6) is 0.176. The molecule has 1 aliphatic rings. The summed E-state index contributed by atoms with van der Waals surface area (Å²) in [5, 5.41) is 7.04. The average molecular weight is 323 g/mol. The maximum atomic E-state index is 12.6.